The number of benzene rings is 1. The minimum atomic E-state index is -4.16. The van der Waals surface area contributed by atoms with Crippen LogP contribution >= 0.6 is 46.4 Å². The van der Waals surface area contributed by atoms with Gasteiger partial charge in [0.05, 0.1) is 20.0 Å². The van der Waals surface area contributed by atoms with Gasteiger partial charge in [-0.3, -0.25) is 4.79 Å². The Hall–Kier alpha value is -0.720. The number of hydrogen-bond donors (Lipinski definition) is 0. The molecule has 1 aromatic carbocycles. The summed E-state index contributed by atoms with van der Waals surface area (Å²) >= 11 is 22.9. The van der Waals surface area contributed by atoms with Crippen molar-refractivity contribution in [3.63, 3.8) is 0 Å². The molecule has 0 aliphatic rings. The van der Waals surface area contributed by atoms with E-state index in [1.807, 2.05) is 0 Å². The molecule has 0 aliphatic heterocycles. The predicted octanol–water partition coefficient (Wildman–Crippen LogP) is 3.70. The largest absolute Gasteiger partial charge is 0.283 e. The van der Waals surface area contributed by atoms with Crippen LogP contribution in [0, 0.1) is 0 Å². The molecular formula is C11H5Cl4NO3S. The number of rotatable bonds is 2. The summed E-state index contributed by atoms with van der Waals surface area (Å²) in [5, 5.41) is -0.0459. The van der Waals surface area contributed by atoms with E-state index in [-0.39, 0.29) is 25.0 Å². The van der Waals surface area contributed by atoms with Crippen molar-refractivity contribution in [2.75, 3.05) is 0 Å². The zero-order valence-electron chi connectivity index (χ0n) is 9.48. The Labute approximate surface area is 134 Å². The molecule has 4 nitrogen and oxygen atoms in total. The van der Waals surface area contributed by atoms with E-state index in [0.717, 1.165) is 18.3 Å². The van der Waals surface area contributed by atoms with Gasteiger partial charge in [-0.25, -0.2) is 12.4 Å². The summed E-state index contributed by atoms with van der Waals surface area (Å²) in [6.07, 6.45) is 0.966. The van der Waals surface area contributed by atoms with Crippen LogP contribution in [0.2, 0.25) is 20.1 Å². The lowest BCUT2D eigenvalue weighted by Gasteiger charge is -2.09. The second-order valence-electron chi connectivity index (χ2n) is 3.69. The van der Waals surface area contributed by atoms with Crippen molar-refractivity contribution in [2.24, 2.45) is 0 Å². The van der Waals surface area contributed by atoms with Crippen molar-refractivity contribution in [2.45, 2.75) is 4.90 Å². The van der Waals surface area contributed by atoms with Crippen molar-refractivity contribution in [3.05, 3.63) is 60.9 Å². The number of aromatic nitrogens is 1. The summed E-state index contributed by atoms with van der Waals surface area (Å²) in [5.74, 6) is 0. The summed E-state index contributed by atoms with van der Waals surface area (Å²) in [7, 11) is -4.16. The van der Waals surface area contributed by atoms with Gasteiger partial charge >= 0.3 is 0 Å². The molecular weight excluding hydrogens is 368 g/mol. The molecule has 0 radical (unpaired) electrons. The van der Waals surface area contributed by atoms with Crippen LogP contribution in [0.4, 0.5) is 0 Å². The Morgan fingerprint density at radius 3 is 2.15 bits per heavy atom. The molecule has 0 aliphatic carbocycles. The first-order chi connectivity index (χ1) is 9.23. The molecule has 1 heterocycles. The molecule has 106 valence electrons. The number of hydrogen-bond acceptors (Lipinski definition) is 3. The second-order valence-corrected chi connectivity index (χ2v) is 7.16. The third kappa shape index (κ3) is 2.82. The Bertz CT molecular complexity index is 845. The third-order valence-corrected chi connectivity index (χ3v) is 5.21. The number of halogens is 4. The van der Waals surface area contributed by atoms with Gasteiger partial charge in [-0.1, -0.05) is 46.4 Å². The van der Waals surface area contributed by atoms with Gasteiger partial charge in [0.15, 0.2) is 0 Å². The van der Waals surface area contributed by atoms with Crippen molar-refractivity contribution < 1.29 is 8.42 Å². The van der Waals surface area contributed by atoms with Crippen LogP contribution in [0.1, 0.15) is 0 Å². The number of pyridine rings is 1. The zero-order valence-corrected chi connectivity index (χ0v) is 13.3. The van der Waals surface area contributed by atoms with Crippen LogP contribution in [0.5, 0.6) is 0 Å². The van der Waals surface area contributed by atoms with E-state index < -0.39 is 15.6 Å². The average molecular weight is 373 g/mol. The molecule has 0 N–H and O–H groups in total. The lowest BCUT2D eigenvalue weighted by atomic mass is 10.4. The molecule has 0 spiro atoms. The van der Waals surface area contributed by atoms with Gasteiger partial charge in [-0.15, -0.1) is 0 Å². The minimum Gasteiger partial charge on any atom is -0.267 e. The van der Waals surface area contributed by atoms with E-state index in [1.54, 1.807) is 0 Å². The smallest absolute Gasteiger partial charge is 0.267 e. The minimum absolute atomic E-state index is 0.0123. The van der Waals surface area contributed by atoms with Gasteiger partial charge in [0.1, 0.15) is 5.02 Å². The zero-order chi connectivity index (χ0) is 15.1. The van der Waals surface area contributed by atoms with Crippen LogP contribution in [0.3, 0.4) is 0 Å². The highest BCUT2D eigenvalue weighted by atomic mass is 35.5. The fraction of sp³-hybridized carbons (Fsp3) is 0. The molecule has 0 amide bonds. The average Bonchev–Trinajstić information content (AvgIpc) is 2.36. The Morgan fingerprint density at radius 1 is 0.900 bits per heavy atom. The van der Waals surface area contributed by atoms with Crippen LogP contribution in [-0.2, 0) is 10.0 Å². The maximum atomic E-state index is 12.4. The second kappa shape index (κ2) is 5.58. The van der Waals surface area contributed by atoms with E-state index in [4.69, 9.17) is 46.4 Å². The molecule has 0 fully saturated rings. The summed E-state index contributed by atoms with van der Waals surface area (Å²) in [4.78, 5) is 11.6. The van der Waals surface area contributed by atoms with Crippen LogP contribution in [0.15, 0.2) is 40.2 Å². The van der Waals surface area contributed by atoms with Crippen molar-refractivity contribution in [1.82, 2.24) is 3.97 Å². The van der Waals surface area contributed by atoms with Gasteiger partial charge < -0.3 is 0 Å². The first kappa shape index (κ1) is 15.7. The molecule has 2 aromatic rings. The van der Waals surface area contributed by atoms with E-state index in [9.17, 15) is 13.2 Å². The maximum absolute atomic E-state index is 12.4. The van der Waals surface area contributed by atoms with Crippen LogP contribution in [0.25, 0.3) is 0 Å². The fourth-order valence-electron chi connectivity index (χ4n) is 1.43. The molecule has 9 heteroatoms. The van der Waals surface area contributed by atoms with E-state index in [0.29, 0.717) is 3.97 Å². The highest BCUT2D eigenvalue weighted by Gasteiger charge is 2.21. The summed E-state index contributed by atoms with van der Waals surface area (Å²) in [5.41, 5.74) is -0.901. The highest BCUT2D eigenvalue weighted by molar-refractivity contribution is 7.90. The van der Waals surface area contributed by atoms with Gasteiger partial charge in [0, 0.05) is 6.20 Å². The highest BCUT2D eigenvalue weighted by Crippen LogP contribution is 2.26. The summed E-state index contributed by atoms with van der Waals surface area (Å²) in [6, 6.07) is 4.84. The summed E-state index contributed by atoms with van der Waals surface area (Å²) in [6.45, 7) is 0. The molecule has 0 saturated carbocycles. The summed E-state index contributed by atoms with van der Waals surface area (Å²) < 4.78 is 25.2. The third-order valence-electron chi connectivity index (χ3n) is 2.36. The molecule has 0 bridgehead atoms. The molecule has 0 atom stereocenters. The standard InChI is InChI=1S/C11H5Cl4NO3S/c12-6-3-10(15)11(17)16(5-6)20(18,19)7-1-2-8(13)9(14)4-7/h1-5H. The van der Waals surface area contributed by atoms with E-state index >= 15 is 0 Å². The normalized spacial score (nSPS) is 11.6. The Morgan fingerprint density at radius 2 is 1.55 bits per heavy atom. The maximum Gasteiger partial charge on any atom is 0.283 e. The van der Waals surface area contributed by atoms with E-state index in [2.05, 4.69) is 0 Å². The quantitative estimate of drug-likeness (QED) is 0.807. The van der Waals surface area contributed by atoms with Crippen molar-refractivity contribution >= 4 is 56.4 Å². The first-order valence-corrected chi connectivity index (χ1v) is 7.97. The molecule has 1 aromatic heterocycles. The van der Waals surface area contributed by atoms with Crippen molar-refractivity contribution in [1.29, 1.82) is 0 Å². The van der Waals surface area contributed by atoms with Gasteiger partial charge in [0.25, 0.3) is 15.6 Å². The van der Waals surface area contributed by atoms with Gasteiger partial charge in [-0.05, 0) is 24.3 Å². The van der Waals surface area contributed by atoms with Crippen LogP contribution < -0.4 is 5.56 Å². The van der Waals surface area contributed by atoms with Gasteiger partial charge in [-0.2, -0.15) is 0 Å². The lowest BCUT2D eigenvalue weighted by Crippen LogP contribution is -2.27. The SMILES string of the molecule is O=c1c(Cl)cc(Cl)cn1S(=O)(=O)c1ccc(Cl)c(Cl)c1. The molecule has 2 rings (SSSR count). The first-order valence-electron chi connectivity index (χ1n) is 5.02. The monoisotopic (exact) mass is 371 g/mol. The van der Waals surface area contributed by atoms with Crippen LogP contribution in [-0.4, -0.2) is 12.4 Å². The lowest BCUT2D eigenvalue weighted by molar-refractivity contribution is 0.585. The molecule has 0 saturated heterocycles. The topological polar surface area (TPSA) is 56.1 Å². The molecule has 20 heavy (non-hydrogen) atoms. The van der Waals surface area contributed by atoms with Gasteiger partial charge in [0.2, 0.25) is 0 Å². The Kier molecular flexibility index (Phi) is 4.37. The number of nitrogens with zero attached hydrogens (tertiary/aromatic N) is 1. The predicted molar refractivity (Wildman–Crippen MR) is 79.8 cm³/mol. The van der Waals surface area contributed by atoms with Crippen molar-refractivity contribution in [3.8, 4) is 0 Å². The molecule has 0 unspecified atom stereocenters. The Balaban J connectivity index is 2.73. The fourth-order valence-corrected chi connectivity index (χ4v) is 3.67. The van der Waals surface area contributed by atoms with E-state index in [1.165, 1.54) is 12.1 Å².